The van der Waals surface area contributed by atoms with Gasteiger partial charge in [-0.2, -0.15) is 0 Å². The van der Waals surface area contributed by atoms with Gasteiger partial charge in [-0.3, -0.25) is 4.72 Å². The van der Waals surface area contributed by atoms with E-state index in [4.69, 9.17) is 11.6 Å². The summed E-state index contributed by atoms with van der Waals surface area (Å²) in [7, 11) is -3.47. The van der Waals surface area contributed by atoms with E-state index in [-0.39, 0.29) is 26.9 Å². The van der Waals surface area contributed by atoms with Crippen LogP contribution in [0.3, 0.4) is 0 Å². The van der Waals surface area contributed by atoms with Gasteiger partial charge in [-0.25, -0.2) is 12.8 Å². The summed E-state index contributed by atoms with van der Waals surface area (Å²) in [6, 6.07) is 2.22. The van der Waals surface area contributed by atoms with Crippen molar-refractivity contribution in [2.24, 2.45) is 5.92 Å². The molecule has 7 heteroatoms. The minimum atomic E-state index is -3.47. The van der Waals surface area contributed by atoms with E-state index in [9.17, 15) is 12.8 Å². The molecular weight excluding hydrogens is 345 g/mol. The van der Waals surface area contributed by atoms with E-state index in [0.717, 1.165) is 12.1 Å². The fourth-order valence-electron chi connectivity index (χ4n) is 1.24. The van der Waals surface area contributed by atoms with E-state index in [1.54, 1.807) is 0 Å². The number of anilines is 1. The van der Waals surface area contributed by atoms with Gasteiger partial charge in [-0.1, -0.05) is 25.4 Å². The Morgan fingerprint density at radius 3 is 2.56 bits per heavy atom. The largest absolute Gasteiger partial charge is 0.281 e. The third-order valence-corrected chi connectivity index (χ3v) is 4.44. The molecule has 0 atom stereocenters. The van der Waals surface area contributed by atoms with Gasteiger partial charge in [0, 0.05) is 4.47 Å². The van der Waals surface area contributed by atoms with E-state index in [1.165, 1.54) is 0 Å². The zero-order chi connectivity index (χ0) is 13.9. The molecule has 0 unspecified atom stereocenters. The first kappa shape index (κ1) is 15.7. The van der Waals surface area contributed by atoms with Crippen molar-refractivity contribution in [3.05, 3.63) is 27.4 Å². The smallest absolute Gasteiger partial charge is 0.232 e. The summed E-state index contributed by atoms with van der Waals surface area (Å²) in [6.45, 7) is 3.88. The van der Waals surface area contributed by atoms with E-state index in [2.05, 4.69) is 20.7 Å². The molecule has 0 aliphatic rings. The van der Waals surface area contributed by atoms with Crippen molar-refractivity contribution < 1.29 is 12.8 Å². The Morgan fingerprint density at radius 1 is 1.44 bits per heavy atom. The zero-order valence-electron chi connectivity index (χ0n) is 10.0. The van der Waals surface area contributed by atoms with Crippen LogP contribution in [-0.2, 0) is 10.0 Å². The SMILES string of the molecule is CC(C)CCS(=O)(=O)Nc1c(Cl)cc(F)cc1Br. The fourth-order valence-corrected chi connectivity index (χ4v) is 3.74. The third-order valence-electron chi connectivity index (χ3n) is 2.23. The summed E-state index contributed by atoms with van der Waals surface area (Å²) in [5.74, 6) is -0.240. The fraction of sp³-hybridized carbons (Fsp3) is 0.455. The number of hydrogen-bond donors (Lipinski definition) is 1. The molecule has 1 aromatic carbocycles. The number of nitrogens with one attached hydrogen (secondary N) is 1. The lowest BCUT2D eigenvalue weighted by Gasteiger charge is -2.12. The second kappa shape index (κ2) is 6.21. The first-order valence-electron chi connectivity index (χ1n) is 5.36. The highest BCUT2D eigenvalue weighted by Gasteiger charge is 2.16. The van der Waals surface area contributed by atoms with Crippen molar-refractivity contribution >= 4 is 43.2 Å². The van der Waals surface area contributed by atoms with Crippen LogP contribution >= 0.6 is 27.5 Å². The predicted octanol–water partition coefficient (Wildman–Crippen LogP) is 4.03. The molecule has 1 aromatic rings. The van der Waals surface area contributed by atoms with Gasteiger partial charge in [-0.15, -0.1) is 0 Å². The highest BCUT2D eigenvalue weighted by Crippen LogP contribution is 2.32. The van der Waals surface area contributed by atoms with Gasteiger partial charge in [0.2, 0.25) is 10.0 Å². The van der Waals surface area contributed by atoms with Gasteiger partial charge in [0.1, 0.15) is 5.82 Å². The van der Waals surface area contributed by atoms with Crippen LogP contribution < -0.4 is 4.72 Å². The quantitative estimate of drug-likeness (QED) is 0.864. The Balaban J connectivity index is 2.91. The second-order valence-corrected chi connectivity index (χ2v) is 7.45. The molecule has 0 aliphatic carbocycles. The van der Waals surface area contributed by atoms with Crippen molar-refractivity contribution in [3.8, 4) is 0 Å². The summed E-state index contributed by atoms with van der Waals surface area (Å²) in [6.07, 6.45) is 0.547. The minimum absolute atomic E-state index is 0.00477. The Bertz CT molecular complexity index is 511. The lowest BCUT2D eigenvalue weighted by molar-refractivity contribution is 0.578. The van der Waals surface area contributed by atoms with Crippen molar-refractivity contribution in [1.29, 1.82) is 0 Å². The third kappa shape index (κ3) is 4.74. The number of hydrogen-bond acceptors (Lipinski definition) is 2. The number of sulfonamides is 1. The van der Waals surface area contributed by atoms with Crippen LogP contribution in [0.15, 0.2) is 16.6 Å². The molecule has 0 radical (unpaired) electrons. The molecule has 3 nitrogen and oxygen atoms in total. The molecular formula is C11H14BrClFNO2S. The molecule has 0 saturated carbocycles. The van der Waals surface area contributed by atoms with Crippen molar-refractivity contribution in [3.63, 3.8) is 0 Å². The molecule has 0 spiro atoms. The second-order valence-electron chi connectivity index (χ2n) is 4.35. The molecule has 102 valence electrons. The highest BCUT2D eigenvalue weighted by molar-refractivity contribution is 9.10. The van der Waals surface area contributed by atoms with Crippen LogP contribution in [0.2, 0.25) is 5.02 Å². The molecule has 0 aliphatic heterocycles. The molecule has 0 aromatic heterocycles. The van der Waals surface area contributed by atoms with Crippen LogP contribution in [0.1, 0.15) is 20.3 Å². The molecule has 0 fully saturated rings. The van der Waals surface area contributed by atoms with Crippen LogP contribution in [-0.4, -0.2) is 14.2 Å². The first-order valence-corrected chi connectivity index (χ1v) is 8.18. The van der Waals surface area contributed by atoms with Gasteiger partial charge in [-0.05, 0) is 40.4 Å². The topological polar surface area (TPSA) is 46.2 Å². The highest BCUT2D eigenvalue weighted by atomic mass is 79.9. The van der Waals surface area contributed by atoms with E-state index < -0.39 is 15.8 Å². The van der Waals surface area contributed by atoms with Crippen molar-refractivity contribution in [1.82, 2.24) is 0 Å². The van der Waals surface area contributed by atoms with Crippen LogP contribution in [0.4, 0.5) is 10.1 Å². The Morgan fingerprint density at radius 2 is 2.06 bits per heavy atom. The average Bonchev–Trinajstić information content (AvgIpc) is 2.21. The maximum atomic E-state index is 13.0. The number of rotatable bonds is 5. The predicted molar refractivity (Wildman–Crippen MR) is 76.0 cm³/mol. The van der Waals surface area contributed by atoms with Crippen LogP contribution in [0.25, 0.3) is 0 Å². The van der Waals surface area contributed by atoms with Crippen molar-refractivity contribution in [2.75, 3.05) is 10.5 Å². The molecule has 0 bridgehead atoms. The summed E-state index contributed by atoms with van der Waals surface area (Å²) in [4.78, 5) is 0. The van der Waals surface area contributed by atoms with Crippen LogP contribution in [0.5, 0.6) is 0 Å². The van der Waals surface area contributed by atoms with Gasteiger partial charge in [0.05, 0.1) is 16.5 Å². The Hall–Kier alpha value is -0.330. The molecule has 0 saturated heterocycles. The summed E-state index contributed by atoms with van der Waals surface area (Å²) in [5, 5.41) is 0.0231. The summed E-state index contributed by atoms with van der Waals surface area (Å²) in [5.41, 5.74) is 0.168. The molecule has 1 N–H and O–H groups in total. The van der Waals surface area contributed by atoms with E-state index in [1.807, 2.05) is 13.8 Å². The van der Waals surface area contributed by atoms with Crippen LogP contribution in [0, 0.1) is 11.7 Å². The zero-order valence-corrected chi connectivity index (χ0v) is 13.2. The standard InChI is InChI=1S/C11H14BrClFNO2S/c1-7(2)3-4-18(16,17)15-11-9(12)5-8(14)6-10(11)13/h5-7,15H,3-4H2,1-2H3. The molecule has 18 heavy (non-hydrogen) atoms. The van der Waals surface area contributed by atoms with Gasteiger partial charge in [0.25, 0.3) is 0 Å². The normalized spacial score (nSPS) is 11.9. The maximum absolute atomic E-state index is 13.0. The molecule has 1 rings (SSSR count). The van der Waals surface area contributed by atoms with E-state index >= 15 is 0 Å². The average molecular weight is 359 g/mol. The van der Waals surface area contributed by atoms with Crippen molar-refractivity contribution in [2.45, 2.75) is 20.3 Å². The first-order chi connectivity index (χ1) is 8.21. The maximum Gasteiger partial charge on any atom is 0.232 e. The van der Waals surface area contributed by atoms with Gasteiger partial charge >= 0.3 is 0 Å². The Labute approximate surface area is 120 Å². The Kier molecular flexibility index (Phi) is 5.43. The van der Waals surface area contributed by atoms with Gasteiger partial charge in [0.15, 0.2) is 0 Å². The van der Waals surface area contributed by atoms with Gasteiger partial charge < -0.3 is 0 Å². The number of halogens is 3. The molecule has 0 amide bonds. The minimum Gasteiger partial charge on any atom is -0.281 e. The lowest BCUT2D eigenvalue weighted by Crippen LogP contribution is -2.18. The van der Waals surface area contributed by atoms with E-state index in [0.29, 0.717) is 6.42 Å². The molecule has 0 heterocycles. The number of benzene rings is 1. The summed E-state index contributed by atoms with van der Waals surface area (Å²) >= 11 is 8.89. The lowest BCUT2D eigenvalue weighted by atomic mass is 10.2. The summed E-state index contributed by atoms with van der Waals surface area (Å²) < 4.78 is 39.3. The monoisotopic (exact) mass is 357 g/mol.